The minimum Gasteiger partial charge on any atom is -0.497 e. The number of nitrogens with zero attached hydrogens (tertiary/aromatic N) is 1. The van der Waals surface area contributed by atoms with Crippen molar-refractivity contribution in [2.45, 2.75) is 12.1 Å². The maximum absolute atomic E-state index is 12.4. The van der Waals surface area contributed by atoms with Crippen LogP contribution in [0, 0.1) is 0 Å². The first-order valence-electron chi connectivity index (χ1n) is 7.79. The Morgan fingerprint density at radius 3 is 2.12 bits per heavy atom. The van der Waals surface area contributed by atoms with Gasteiger partial charge in [-0.25, -0.2) is 4.79 Å². The van der Waals surface area contributed by atoms with E-state index in [0.29, 0.717) is 5.56 Å². The van der Waals surface area contributed by atoms with E-state index in [1.807, 2.05) is 24.3 Å². The highest BCUT2D eigenvalue weighted by Crippen LogP contribution is 2.41. The maximum Gasteiger partial charge on any atom is 0.337 e. The molecule has 0 bridgehead atoms. The van der Waals surface area contributed by atoms with Crippen LogP contribution < -0.4 is 9.64 Å². The molecule has 1 aliphatic heterocycles. The highest BCUT2D eigenvalue weighted by Gasteiger charge is 2.49. The molecule has 1 heterocycles. The number of rotatable bonds is 5. The zero-order chi connectivity index (χ0) is 18.0. The molecule has 1 fully saturated rings. The number of carbonyl (C=O) groups is 2. The highest BCUT2D eigenvalue weighted by atomic mass is 16.5. The molecular weight excluding hydrogens is 322 g/mol. The van der Waals surface area contributed by atoms with E-state index < -0.39 is 12.1 Å². The molecule has 0 aromatic heterocycles. The van der Waals surface area contributed by atoms with Gasteiger partial charge in [-0.3, -0.25) is 9.69 Å². The molecule has 3 rings (SSSR count). The number of β-lactam (4-membered cyclic amide) rings is 1. The van der Waals surface area contributed by atoms with E-state index in [9.17, 15) is 9.59 Å². The van der Waals surface area contributed by atoms with Crippen LogP contribution in [0.1, 0.15) is 22.0 Å². The molecule has 2 unspecified atom stereocenters. The van der Waals surface area contributed by atoms with Crippen LogP contribution in [0.4, 0.5) is 5.69 Å². The van der Waals surface area contributed by atoms with Crippen molar-refractivity contribution in [1.29, 1.82) is 0 Å². The van der Waals surface area contributed by atoms with Crippen molar-refractivity contribution in [3.63, 3.8) is 0 Å². The molecule has 0 radical (unpaired) electrons. The lowest BCUT2D eigenvalue weighted by atomic mass is 9.89. The van der Waals surface area contributed by atoms with Gasteiger partial charge in [-0.2, -0.15) is 0 Å². The second kappa shape index (κ2) is 6.94. The predicted molar refractivity (Wildman–Crippen MR) is 91.8 cm³/mol. The number of benzene rings is 2. The minimum absolute atomic E-state index is 0.102. The molecule has 1 amide bonds. The Hall–Kier alpha value is -2.86. The Balaban J connectivity index is 1.90. The molecule has 25 heavy (non-hydrogen) atoms. The van der Waals surface area contributed by atoms with Crippen molar-refractivity contribution in [3.05, 3.63) is 59.7 Å². The largest absolute Gasteiger partial charge is 0.497 e. The van der Waals surface area contributed by atoms with Crippen LogP contribution in [0.25, 0.3) is 0 Å². The van der Waals surface area contributed by atoms with Gasteiger partial charge < -0.3 is 14.2 Å². The lowest BCUT2D eigenvalue weighted by Crippen LogP contribution is -2.60. The van der Waals surface area contributed by atoms with Crippen LogP contribution >= 0.6 is 0 Å². The highest BCUT2D eigenvalue weighted by molar-refractivity contribution is 6.05. The van der Waals surface area contributed by atoms with E-state index in [1.54, 1.807) is 36.3 Å². The standard InChI is InChI=1S/C19H19NO5/c1-23-15-10-8-14(9-11-15)20-16(17(24-2)18(20)21)12-4-6-13(7-5-12)19(22)25-3/h4-11,16-17H,1-3H3. The van der Waals surface area contributed by atoms with Crippen LogP contribution in [-0.2, 0) is 14.3 Å². The summed E-state index contributed by atoms with van der Waals surface area (Å²) in [7, 11) is 4.45. The molecule has 0 N–H and O–H groups in total. The Bertz CT molecular complexity index is 769. The van der Waals surface area contributed by atoms with Gasteiger partial charge in [0.2, 0.25) is 0 Å². The number of esters is 1. The van der Waals surface area contributed by atoms with E-state index in [4.69, 9.17) is 14.2 Å². The third-order valence-corrected chi connectivity index (χ3v) is 4.32. The molecule has 130 valence electrons. The Morgan fingerprint density at radius 2 is 1.60 bits per heavy atom. The van der Waals surface area contributed by atoms with Crippen LogP contribution in [0.15, 0.2) is 48.5 Å². The molecule has 0 spiro atoms. The average molecular weight is 341 g/mol. The summed E-state index contributed by atoms with van der Waals surface area (Å²) in [5.74, 6) is 0.222. The summed E-state index contributed by atoms with van der Waals surface area (Å²) in [6.07, 6.45) is -0.550. The van der Waals surface area contributed by atoms with E-state index >= 15 is 0 Å². The fourth-order valence-corrected chi connectivity index (χ4v) is 2.98. The van der Waals surface area contributed by atoms with Crippen molar-refractivity contribution >= 4 is 17.6 Å². The van der Waals surface area contributed by atoms with Gasteiger partial charge in [0.15, 0.2) is 6.10 Å². The van der Waals surface area contributed by atoms with Crippen LogP contribution in [0.5, 0.6) is 5.75 Å². The topological polar surface area (TPSA) is 65.1 Å². The smallest absolute Gasteiger partial charge is 0.337 e. The Kier molecular flexibility index (Phi) is 4.72. The zero-order valence-electron chi connectivity index (χ0n) is 14.3. The SMILES string of the molecule is COC(=O)c1ccc(C2C(OC)C(=O)N2c2ccc(OC)cc2)cc1. The van der Waals surface area contributed by atoms with E-state index in [-0.39, 0.29) is 11.9 Å². The first-order valence-corrected chi connectivity index (χ1v) is 7.79. The van der Waals surface area contributed by atoms with Gasteiger partial charge in [0.1, 0.15) is 5.75 Å². The van der Waals surface area contributed by atoms with Crippen molar-refractivity contribution < 1.29 is 23.8 Å². The van der Waals surface area contributed by atoms with E-state index in [1.165, 1.54) is 14.2 Å². The summed E-state index contributed by atoms with van der Waals surface area (Å²) in [6.45, 7) is 0. The van der Waals surface area contributed by atoms with Gasteiger partial charge in [0.05, 0.1) is 25.8 Å². The number of ether oxygens (including phenoxy) is 3. The van der Waals surface area contributed by atoms with Gasteiger partial charge >= 0.3 is 5.97 Å². The zero-order valence-corrected chi connectivity index (χ0v) is 14.3. The molecule has 2 atom stereocenters. The number of carbonyl (C=O) groups excluding carboxylic acids is 2. The molecular formula is C19H19NO5. The van der Waals surface area contributed by atoms with Crippen LogP contribution in [-0.4, -0.2) is 39.3 Å². The van der Waals surface area contributed by atoms with E-state index in [2.05, 4.69) is 0 Å². The molecule has 6 nitrogen and oxygen atoms in total. The predicted octanol–water partition coefficient (Wildman–Crippen LogP) is 2.58. The number of hydrogen-bond acceptors (Lipinski definition) is 5. The lowest BCUT2D eigenvalue weighted by molar-refractivity contribution is -0.139. The number of hydrogen-bond donors (Lipinski definition) is 0. The molecule has 1 saturated heterocycles. The summed E-state index contributed by atoms with van der Waals surface area (Å²) in [6, 6.07) is 14.0. The van der Waals surface area contributed by atoms with Gasteiger partial charge in [-0.1, -0.05) is 12.1 Å². The minimum atomic E-state index is -0.550. The number of anilines is 1. The molecule has 0 saturated carbocycles. The second-order valence-corrected chi connectivity index (χ2v) is 5.62. The third-order valence-electron chi connectivity index (χ3n) is 4.32. The van der Waals surface area contributed by atoms with E-state index in [0.717, 1.165) is 17.0 Å². The van der Waals surface area contributed by atoms with Crippen LogP contribution in [0.3, 0.4) is 0 Å². The summed E-state index contributed by atoms with van der Waals surface area (Å²) >= 11 is 0. The summed E-state index contributed by atoms with van der Waals surface area (Å²) < 4.78 is 15.2. The van der Waals surface area contributed by atoms with Gasteiger partial charge in [-0.05, 0) is 42.0 Å². The van der Waals surface area contributed by atoms with Crippen molar-refractivity contribution in [2.24, 2.45) is 0 Å². The fourth-order valence-electron chi connectivity index (χ4n) is 2.98. The Labute approximate surface area is 145 Å². The van der Waals surface area contributed by atoms with Gasteiger partial charge in [-0.15, -0.1) is 0 Å². The third kappa shape index (κ3) is 2.96. The number of amides is 1. The summed E-state index contributed by atoms with van der Waals surface area (Å²) in [5.41, 5.74) is 2.11. The second-order valence-electron chi connectivity index (χ2n) is 5.62. The monoisotopic (exact) mass is 341 g/mol. The van der Waals surface area contributed by atoms with Gasteiger partial charge in [0, 0.05) is 12.8 Å². The first kappa shape index (κ1) is 17.0. The van der Waals surface area contributed by atoms with Crippen LogP contribution in [0.2, 0.25) is 0 Å². The lowest BCUT2D eigenvalue weighted by Gasteiger charge is -2.46. The molecule has 1 aliphatic rings. The van der Waals surface area contributed by atoms with Crippen molar-refractivity contribution in [2.75, 3.05) is 26.2 Å². The number of methoxy groups -OCH3 is 3. The molecule has 6 heteroatoms. The average Bonchev–Trinajstić information content (AvgIpc) is 2.66. The molecule has 0 aliphatic carbocycles. The normalized spacial score (nSPS) is 19.3. The summed E-state index contributed by atoms with van der Waals surface area (Å²) in [4.78, 5) is 25.7. The van der Waals surface area contributed by atoms with Gasteiger partial charge in [0.25, 0.3) is 5.91 Å². The fraction of sp³-hybridized carbons (Fsp3) is 0.263. The summed E-state index contributed by atoms with van der Waals surface area (Å²) in [5, 5.41) is 0. The Morgan fingerprint density at radius 1 is 0.960 bits per heavy atom. The molecule has 2 aromatic carbocycles. The quantitative estimate of drug-likeness (QED) is 0.618. The maximum atomic E-state index is 12.4. The molecule has 2 aromatic rings. The van der Waals surface area contributed by atoms with Crippen molar-refractivity contribution in [3.8, 4) is 5.75 Å². The van der Waals surface area contributed by atoms with Crippen molar-refractivity contribution in [1.82, 2.24) is 0 Å². The first-order chi connectivity index (χ1) is 12.1.